The molecule has 0 atom stereocenters. The second-order valence-corrected chi connectivity index (χ2v) is 8.18. The van der Waals surface area contributed by atoms with E-state index in [1.807, 2.05) is 17.4 Å². The molecule has 4 nitrogen and oxygen atoms in total. The number of halogens is 1. The van der Waals surface area contributed by atoms with Gasteiger partial charge >= 0.3 is 0 Å². The molecular formula is C17H21BrN2O2S+2. The number of hydrogen-bond donors (Lipinski definition) is 2. The lowest BCUT2D eigenvalue weighted by atomic mass is 10.1. The summed E-state index contributed by atoms with van der Waals surface area (Å²) in [7, 11) is 0. The maximum Gasteiger partial charge on any atom is 0.231 e. The minimum atomic E-state index is 0.354. The summed E-state index contributed by atoms with van der Waals surface area (Å²) >= 11 is 5.40. The maximum atomic E-state index is 5.48. The van der Waals surface area contributed by atoms with Crippen LogP contribution in [-0.2, 0) is 13.1 Å². The monoisotopic (exact) mass is 396 g/mol. The third-order valence-corrected chi connectivity index (χ3v) is 6.30. The first-order valence-electron chi connectivity index (χ1n) is 8.05. The molecule has 0 saturated carbocycles. The molecule has 2 aliphatic heterocycles. The second-order valence-electron chi connectivity index (χ2n) is 6.27. The van der Waals surface area contributed by atoms with Crippen LogP contribution >= 0.6 is 27.3 Å². The van der Waals surface area contributed by atoms with E-state index in [0.29, 0.717) is 6.79 Å². The molecular weight excluding hydrogens is 376 g/mol. The molecule has 122 valence electrons. The molecule has 1 aromatic carbocycles. The highest BCUT2D eigenvalue weighted by atomic mass is 79.9. The van der Waals surface area contributed by atoms with Crippen molar-refractivity contribution >= 4 is 27.3 Å². The molecule has 2 aliphatic rings. The van der Waals surface area contributed by atoms with Gasteiger partial charge in [-0.25, -0.2) is 0 Å². The van der Waals surface area contributed by atoms with Gasteiger partial charge in [-0.15, -0.1) is 11.3 Å². The fraction of sp³-hybridized carbons (Fsp3) is 0.412. The lowest BCUT2D eigenvalue weighted by Crippen LogP contribution is -3.27. The Hall–Kier alpha value is -1.08. The van der Waals surface area contributed by atoms with Crippen LogP contribution in [0.4, 0.5) is 0 Å². The molecule has 6 heteroatoms. The smallest absolute Gasteiger partial charge is 0.231 e. The first-order valence-corrected chi connectivity index (χ1v) is 9.72. The van der Waals surface area contributed by atoms with E-state index >= 15 is 0 Å². The number of benzene rings is 1. The van der Waals surface area contributed by atoms with E-state index in [9.17, 15) is 0 Å². The van der Waals surface area contributed by atoms with Gasteiger partial charge in [0.25, 0.3) is 0 Å². The summed E-state index contributed by atoms with van der Waals surface area (Å²) in [6.45, 7) is 7.55. The number of nitrogens with one attached hydrogen (secondary N) is 2. The molecule has 0 unspecified atom stereocenters. The summed E-state index contributed by atoms with van der Waals surface area (Å²) in [5, 5.41) is 2.18. The number of ether oxygens (including phenoxy) is 2. The molecule has 2 aromatic rings. The van der Waals surface area contributed by atoms with Gasteiger partial charge in [0, 0.05) is 15.4 Å². The van der Waals surface area contributed by atoms with Crippen LogP contribution in [-0.4, -0.2) is 33.0 Å². The molecule has 0 aliphatic carbocycles. The SMILES string of the molecule is Brc1csc(C[NH+]2CC[NH+](Cc3ccc4c(c3)OCO4)CC2)c1. The summed E-state index contributed by atoms with van der Waals surface area (Å²) in [4.78, 5) is 4.85. The predicted octanol–water partition coefficient (Wildman–Crippen LogP) is 0.723. The third-order valence-electron chi connectivity index (χ3n) is 4.60. The molecule has 1 saturated heterocycles. The molecule has 0 radical (unpaired) electrons. The first-order chi connectivity index (χ1) is 11.3. The van der Waals surface area contributed by atoms with Crippen LogP contribution in [0.1, 0.15) is 10.4 Å². The Morgan fingerprint density at radius 3 is 2.43 bits per heavy atom. The maximum absolute atomic E-state index is 5.48. The van der Waals surface area contributed by atoms with Crippen molar-refractivity contribution in [2.45, 2.75) is 13.1 Å². The van der Waals surface area contributed by atoms with E-state index in [1.165, 1.54) is 41.1 Å². The molecule has 2 N–H and O–H groups in total. The predicted molar refractivity (Wildman–Crippen MR) is 93.4 cm³/mol. The largest absolute Gasteiger partial charge is 0.454 e. The van der Waals surface area contributed by atoms with E-state index in [0.717, 1.165) is 24.6 Å². The lowest BCUT2D eigenvalue weighted by molar-refractivity contribution is -1.02. The van der Waals surface area contributed by atoms with Crippen molar-refractivity contribution in [3.63, 3.8) is 0 Å². The molecule has 23 heavy (non-hydrogen) atoms. The van der Waals surface area contributed by atoms with Crippen molar-refractivity contribution < 1.29 is 19.3 Å². The summed E-state index contributed by atoms with van der Waals surface area (Å²) in [5.74, 6) is 1.77. The molecule has 0 bridgehead atoms. The minimum absolute atomic E-state index is 0.354. The zero-order valence-electron chi connectivity index (χ0n) is 12.9. The van der Waals surface area contributed by atoms with E-state index in [1.54, 1.807) is 9.80 Å². The van der Waals surface area contributed by atoms with Crippen LogP contribution in [0.5, 0.6) is 11.5 Å². The van der Waals surface area contributed by atoms with Crippen LogP contribution in [0.3, 0.4) is 0 Å². The van der Waals surface area contributed by atoms with Crippen molar-refractivity contribution in [3.8, 4) is 11.5 Å². The number of rotatable bonds is 4. The van der Waals surface area contributed by atoms with Gasteiger partial charge in [0.05, 0.1) is 4.88 Å². The Morgan fingerprint density at radius 2 is 1.70 bits per heavy atom. The van der Waals surface area contributed by atoms with E-state index in [4.69, 9.17) is 9.47 Å². The highest BCUT2D eigenvalue weighted by Gasteiger charge is 2.24. The van der Waals surface area contributed by atoms with Gasteiger partial charge in [0.1, 0.15) is 39.3 Å². The minimum Gasteiger partial charge on any atom is -0.454 e. The van der Waals surface area contributed by atoms with Crippen molar-refractivity contribution in [1.29, 1.82) is 0 Å². The topological polar surface area (TPSA) is 27.3 Å². The fourth-order valence-electron chi connectivity index (χ4n) is 3.34. The van der Waals surface area contributed by atoms with Crippen LogP contribution < -0.4 is 19.3 Å². The van der Waals surface area contributed by atoms with Gasteiger partial charge in [-0.2, -0.15) is 0 Å². The van der Waals surface area contributed by atoms with Crippen molar-refractivity contribution in [3.05, 3.63) is 44.6 Å². The number of fused-ring (bicyclic) bond motifs is 1. The number of hydrogen-bond acceptors (Lipinski definition) is 3. The number of thiophene rings is 1. The van der Waals surface area contributed by atoms with Crippen molar-refractivity contribution in [2.24, 2.45) is 0 Å². The van der Waals surface area contributed by atoms with Gasteiger partial charge < -0.3 is 19.3 Å². The Kier molecular flexibility index (Phi) is 4.57. The molecule has 4 rings (SSSR count). The summed E-state index contributed by atoms with van der Waals surface area (Å²) in [6.07, 6.45) is 0. The van der Waals surface area contributed by atoms with Gasteiger partial charge in [-0.3, -0.25) is 0 Å². The van der Waals surface area contributed by atoms with Crippen molar-refractivity contribution in [1.82, 2.24) is 0 Å². The van der Waals surface area contributed by atoms with Gasteiger partial charge in [0.15, 0.2) is 11.5 Å². The van der Waals surface area contributed by atoms with Crippen LogP contribution in [0, 0.1) is 0 Å². The quantitative estimate of drug-likeness (QED) is 0.796. The lowest BCUT2D eigenvalue weighted by Gasteiger charge is -2.29. The summed E-state index contributed by atoms with van der Waals surface area (Å²) in [6, 6.07) is 8.59. The third kappa shape index (κ3) is 3.71. The zero-order chi connectivity index (χ0) is 15.6. The molecule has 0 spiro atoms. The van der Waals surface area contributed by atoms with E-state index in [2.05, 4.69) is 39.5 Å². The molecule has 0 amide bonds. The highest BCUT2D eigenvalue weighted by molar-refractivity contribution is 9.10. The van der Waals surface area contributed by atoms with Crippen molar-refractivity contribution in [2.75, 3.05) is 33.0 Å². The van der Waals surface area contributed by atoms with E-state index in [-0.39, 0.29) is 0 Å². The van der Waals surface area contributed by atoms with Gasteiger partial charge in [0.2, 0.25) is 6.79 Å². The number of piperazine rings is 1. The van der Waals surface area contributed by atoms with Crippen LogP contribution in [0.2, 0.25) is 0 Å². The van der Waals surface area contributed by atoms with Crippen LogP contribution in [0.25, 0.3) is 0 Å². The van der Waals surface area contributed by atoms with Gasteiger partial charge in [-0.05, 0) is 40.2 Å². The fourth-order valence-corrected chi connectivity index (χ4v) is 4.87. The van der Waals surface area contributed by atoms with Crippen LogP contribution in [0.15, 0.2) is 34.1 Å². The standard InChI is InChI=1S/C17H19BrN2O2S/c18-14-8-15(23-11-14)10-20-5-3-19(4-6-20)9-13-1-2-16-17(7-13)22-12-21-16/h1-2,7-8,11H,3-6,9-10,12H2/p+2. The number of quaternary nitrogens is 2. The second kappa shape index (κ2) is 6.81. The molecule has 1 aromatic heterocycles. The van der Waals surface area contributed by atoms with E-state index < -0.39 is 0 Å². The normalized spacial score (nSPS) is 23.2. The first kappa shape index (κ1) is 15.4. The summed E-state index contributed by atoms with van der Waals surface area (Å²) < 4.78 is 12.1. The molecule has 1 fully saturated rings. The molecule has 3 heterocycles. The average Bonchev–Trinajstić information content (AvgIpc) is 3.17. The Balaban J connectivity index is 1.29. The Morgan fingerprint density at radius 1 is 0.957 bits per heavy atom. The zero-order valence-corrected chi connectivity index (χ0v) is 15.3. The Bertz CT molecular complexity index is 683. The summed E-state index contributed by atoms with van der Waals surface area (Å²) in [5.41, 5.74) is 1.34. The highest BCUT2D eigenvalue weighted by Crippen LogP contribution is 2.32. The Labute approximate surface area is 148 Å². The average molecular weight is 397 g/mol. The van der Waals surface area contributed by atoms with Gasteiger partial charge in [-0.1, -0.05) is 0 Å².